The van der Waals surface area contributed by atoms with Gasteiger partial charge in [-0.05, 0) is 6.92 Å². The average Bonchev–Trinajstić information content (AvgIpc) is 2.95. The summed E-state index contributed by atoms with van der Waals surface area (Å²) in [6.07, 6.45) is 1.81. The fraction of sp³-hybridized carbons (Fsp3) is 0.250. The van der Waals surface area contributed by atoms with Crippen LogP contribution in [-0.4, -0.2) is 27.3 Å². The van der Waals surface area contributed by atoms with Gasteiger partial charge in [0, 0.05) is 31.1 Å². The Morgan fingerprint density at radius 2 is 2.26 bits per heavy atom. The number of aromatic amines is 1. The van der Waals surface area contributed by atoms with Gasteiger partial charge in [-0.3, -0.25) is 5.10 Å². The Bertz CT molecular complexity index is 705. The largest absolute Gasteiger partial charge is 0.378 e. The number of thiazole rings is 1. The number of ether oxygens (including phenoxy) is 1. The molecular formula is C12H13N5OS. The van der Waals surface area contributed by atoms with E-state index in [-0.39, 0.29) is 0 Å². The second-order valence-electron chi connectivity index (χ2n) is 4.14. The highest BCUT2D eigenvalue weighted by Gasteiger charge is 2.06. The number of anilines is 2. The number of hydrogen-bond donors (Lipinski definition) is 2. The van der Waals surface area contributed by atoms with Gasteiger partial charge in [-0.1, -0.05) is 0 Å². The van der Waals surface area contributed by atoms with Gasteiger partial charge in [0.15, 0.2) is 5.82 Å². The molecular weight excluding hydrogens is 262 g/mol. The third-order valence-electron chi connectivity index (χ3n) is 2.55. The molecule has 0 amide bonds. The van der Waals surface area contributed by atoms with Crippen LogP contribution in [0.25, 0.3) is 10.2 Å². The molecule has 3 aromatic rings. The molecule has 0 spiro atoms. The van der Waals surface area contributed by atoms with Crippen LogP contribution in [0, 0.1) is 6.92 Å². The first-order valence-corrected chi connectivity index (χ1v) is 6.59. The monoisotopic (exact) mass is 275 g/mol. The Balaban J connectivity index is 1.88. The van der Waals surface area contributed by atoms with Gasteiger partial charge >= 0.3 is 0 Å². The zero-order valence-electron chi connectivity index (χ0n) is 10.6. The Kier molecular flexibility index (Phi) is 3.14. The highest BCUT2D eigenvalue weighted by Crippen LogP contribution is 2.24. The van der Waals surface area contributed by atoms with Crippen molar-refractivity contribution >= 4 is 33.2 Å². The zero-order valence-corrected chi connectivity index (χ0v) is 11.4. The number of nitrogens with zero attached hydrogens (tertiary/aromatic N) is 3. The number of pyridine rings is 1. The van der Waals surface area contributed by atoms with Gasteiger partial charge in [-0.25, -0.2) is 9.97 Å². The van der Waals surface area contributed by atoms with E-state index < -0.39 is 0 Å². The minimum absolute atomic E-state index is 0.528. The van der Waals surface area contributed by atoms with Crippen molar-refractivity contribution in [2.45, 2.75) is 13.5 Å². The summed E-state index contributed by atoms with van der Waals surface area (Å²) in [4.78, 5) is 8.84. The molecule has 7 heteroatoms. The van der Waals surface area contributed by atoms with Crippen LogP contribution in [0.3, 0.4) is 0 Å². The summed E-state index contributed by atoms with van der Waals surface area (Å²) in [5, 5.41) is 11.1. The van der Waals surface area contributed by atoms with Crippen LogP contribution >= 0.6 is 11.3 Å². The predicted octanol–water partition coefficient (Wildman–Crippen LogP) is 2.61. The van der Waals surface area contributed by atoms with E-state index in [1.165, 1.54) is 0 Å². The van der Waals surface area contributed by atoms with E-state index in [4.69, 9.17) is 4.74 Å². The number of aryl methyl sites for hydroxylation is 1. The molecule has 0 bridgehead atoms. The lowest BCUT2D eigenvalue weighted by atomic mass is 10.4. The van der Waals surface area contributed by atoms with Crippen LogP contribution in [0.5, 0.6) is 0 Å². The van der Waals surface area contributed by atoms with E-state index in [0.717, 1.165) is 32.6 Å². The summed E-state index contributed by atoms with van der Waals surface area (Å²) in [6, 6.07) is 3.83. The third-order valence-corrected chi connectivity index (χ3v) is 3.53. The fourth-order valence-corrected chi connectivity index (χ4v) is 2.64. The van der Waals surface area contributed by atoms with Gasteiger partial charge in [0.1, 0.15) is 10.8 Å². The molecule has 0 atom stereocenters. The normalized spacial score (nSPS) is 11.1. The van der Waals surface area contributed by atoms with Gasteiger partial charge in [-0.2, -0.15) is 5.10 Å². The standard InChI is InChI=1S/C12H13N5OS/c1-7-3-11(17-16-7)15-10-4-8-9(5-13-10)19-12(14-8)6-18-2/h3-5H,6H2,1-2H3,(H2,13,15,16,17). The van der Waals surface area contributed by atoms with E-state index in [2.05, 4.69) is 25.5 Å². The molecule has 0 saturated heterocycles. The Morgan fingerprint density at radius 1 is 1.37 bits per heavy atom. The SMILES string of the molecule is COCc1nc2cc(Nc3cc(C)[nH]n3)ncc2s1. The van der Waals surface area contributed by atoms with Crippen molar-refractivity contribution in [3.63, 3.8) is 0 Å². The lowest BCUT2D eigenvalue weighted by molar-refractivity contribution is 0.185. The fourth-order valence-electron chi connectivity index (χ4n) is 1.75. The van der Waals surface area contributed by atoms with Gasteiger partial charge in [0.25, 0.3) is 0 Å². The second kappa shape index (κ2) is 4.94. The number of rotatable bonds is 4. The molecule has 2 N–H and O–H groups in total. The van der Waals surface area contributed by atoms with E-state index in [1.54, 1.807) is 18.4 Å². The first-order chi connectivity index (χ1) is 9.24. The first-order valence-electron chi connectivity index (χ1n) is 5.78. The lowest BCUT2D eigenvalue weighted by Gasteiger charge is -2.00. The number of aromatic nitrogens is 4. The molecule has 98 valence electrons. The van der Waals surface area contributed by atoms with E-state index >= 15 is 0 Å². The van der Waals surface area contributed by atoms with Crippen LogP contribution in [0.4, 0.5) is 11.6 Å². The molecule has 0 aliphatic heterocycles. The maximum Gasteiger partial charge on any atom is 0.153 e. The molecule has 0 fully saturated rings. The van der Waals surface area contributed by atoms with Crippen LogP contribution in [0.2, 0.25) is 0 Å². The number of nitrogens with one attached hydrogen (secondary N) is 2. The summed E-state index contributed by atoms with van der Waals surface area (Å²) >= 11 is 1.59. The number of methoxy groups -OCH3 is 1. The molecule has 0 radical (unpaired) electrons. The number of hydrogen-bond acceptors (Lipinski definition) is 6. The quantitative estimate of drug-likeness (QED) is 0.765. The smallest absolute Gasteiger partial charge is 0.153 e. The van der Waals surface area contributed by atoms with E-state index in [9.17, 15) is 0 Å². The minimum atomic E-state index is 0.528. The zero-order chi connectivity index (χ0) is 13.2. The highest BCUT2D eigenvalue weighted by atomic mass is 32.1. The van der Waals surface area contributed by atoms with Crippen LogP contribution in [0.1, 0.15) is 10.7 Å². The Labute approximate surface area is 113 Å². The molecule has 0 aromatic carbocycles. The highest BCUT2D eigenvalue weighted by molar-refractivity contribution is 7.18. The molecule has 0 saturated carbocycles. The van der Waals surface area contributed by atoms with Crippen LogP contribution < -0.4 is 5.32 Å². The molecule has 0 aliphatic rings. The predicted molar refractivity (Wildman–Crippen MR) is 74.7 cm³/mol. The van der Waals surface area contributed by atoms with Crippen molar-refractivity contribution in [2.24, 2.45) is 0 Å². The van der Waals surface area contributed by atoms with E-state index in [1.807, 2.05) is 25.3 Å². The number of H-pyrrole nitrogens is 1. The van der Waals surface area contributed by atoms with Gasteiger partial charge in [-0.15, -0.1) is 11.3 Å². The summed E-state index contributed by atoms with van der Waals surface area (Å²) in [7, 11) is 1.66. The second-order valence-corrected chi connectivity index (χ2v) is 5.25. The Hall–Kier alpha value is -1.99. The third kappa shape index (κ3) is 2.56. The molecule has 3 aromatic heterocycles. The number of fused-ring (bicyclic) bond motifs is 1. The first kappa shape index (κ1) is 12.1. The molecule has 19 heavy (non-hydrogen) atoms. The Morgan fingerprint density at radius 3 is 3.00 bits per heavy atom. The molecule has 3 heterocycles. The van der Waals surface area contributed by atoms with Crippen molar-refractivity contribution < 1.29 is 4.74 Å². The van der Waals surface area contributed by atoms with Crippen molar-refractivity contribution in [3.05, 3.63) is 29.0 Å². The van der Waals surface area contributed by atoms with Gasteiger partial charge in [0.05, 0.1) is 16.8 Å². The molecule has 3 rings (SSSR count). The summed E-state index contributed by atoms with van der Waals surface area (Å²) in [6.45, 7) is 2.48. The van der Waals surface area contributed by atoms with Crippen molar-refractivity contribution in [2.75, 3.05) is 12.4 Å². The van der Waals surface area contributed by atoms with Gasteiger partial charge in [0.2, 0.25) is 0 Å². The van der Waals surface area contributed by atoms with Crippen molar-refractivity contribution in [3.8, 4) is 0 Å². The molecule has 6 nitrogen and oxygen atoms in total. The maximum atomic E-state index is 5.08. The average molecular weight is 275 g/mol. The topological polar surface area (TPSA) is 75.7 Å². The van der Waals surface area contributed by atoms with Crippen LogP contribution in [0.15, 0.2) is 18.3 Å². The summed E-state index contributed by atoms with van der Waals surface area (Å²) in [5.74, 6) is 1.48. The van der Waals surface area contributed by atoms with E-state index in [0.29, 0.717) is 6.61 Å². The van der Waals surface area contributed by atoms with Crippen molar-refractivity contribution in [1.29, 1.82) is 0 Å². The molecule has 0 aliphatic carbocycles. The maximum absolute atomic E-state index is 5.08. The van der Waals surface area contributed by atoms with Crippen LogP contribution in [-0.2, 0) is 11.3 Å². The molecule has 0 unspecified atom stereocenters. The lowest BCUT2D eigenvalue weighted by Crippen LogP contribution is -1.93. The summed E-state index contributed by atoms with van der Waals surface area (Å²) in [5.41, 5.74) is 1.92. The van der Waals surface area contributed by atoms with Crippen molar-refractivity contribution in [1.82, 2.24) is 20.2 Å². The van der Waals surface area contributed by atoms with Gasteiger partial charge < -0.3 is 10.1 Å². The minimum Gasteiger partial charge on any atom is -0.378 e. The summed E-state index contributed by atoms with van der Waals surface area (Å²) < 4.78 is 6.14.